The van der Waals surface area contributed by atoms with Gasteiger partial charge in [0, 0.05) is 29.8 Å². The third-order valence-corrected chi connectivity index (χ3v) is 3.55. The van der Waals surface area contributed by atoms with E-state index in [1.807, 2.05) is 7.05 Å². The molecule has 1 aliphatic rings. The molecule has 5 heteroatoms. The second-order valence-corrected chi connectivity index (χ2v) is 4.93. The van der Waals surface area contributed by atoms with Crippen LogP contribution in [0.25, 0.3) is 0 Å². The summed E-state index contributed by atoms with van der Waals surface area (Å²) >= 11 is 3.56. The van der Waals surface area contributed by atoms with E-state index < -0.39 is 0 Å². The molecule has 1 aliphatic heterocycles. The Bertz CT molecular complexity index is 422. The molecule has 1 aromatic carbocycles. The number of benzene rings is 1. The largest absolute Gasteiger partial charge is 0.360 e. The second kappa shape index (κ2) is 5.51. The van der Waals surface area contributed by atoms with Crippen molar-refractivity contribution in [1.29, 1.82) is 0 Å². The van der Waals surface area contributed by atoms with Crippen LogP contribution in [0.4, 0.5) is 5.69 Å². The second-order valence-electron chi connectivity index (χ2n) is 4.08. The Labute approximate surface area is 110 Å². The highest BCUT2D eigenvalue weighted by atomic mass is 79.9. The molecule has 1 aromatic rings. The Morgan fingerprint density at radius 3 is 3.00 bits per heavy atom. The Kier molecular flexibility index (Phi) is 4.02. The first-order valence-corrected chi connectivity index (χ1v) is 6.44. The lowest BCUT2D eigenvalue weighted by atomic mass is 10.2. The topological polar surface area (TPSA) is 44.4 Å². The van der Waals surface area contributed by atoms with E-state index in [2.05, 4.69) is 49.7 Å². The smallest absolute Gasteiger partial charge is 0.239 e. The quantitative estimate of drug-likeness (QED) is 0.878. The summed E-state index contributed by atoms with van der Waals surface area (Å²) in [5, 5.41) is 5.95. The normalized spacial score (nSPS) is 15.9. The summed E-state index contributed by atoms with van der Waals surface area (Å²) in [7, 11) is 1.93. The van der Waals surface area contributed by atoms with E-state index >= 15 is 0 Å². The van der Waals surface area contributed by atoms with Gasteiger partial charge in [0.25, 0.3) is 0 Å². The first kappa shape index (κ1) is 12.4. The van der Waals surface area contributed by atoms with Gasteiger partial charge in [0.2, 0.25) is 5.91 Å². The Hall–Kier alpha value is -1.07. The highest BCUT2D eigenvalue weighted by Gasteiger charge is 2.16. The van der Waals surface area contributed by atoms with E-state index in [-0.39, 0.29) is 5.91 Å². The monoisotopic (exact) mass is 297 g/mol. The fourth-order valence-electron chi connectivity index (χ4n) is 1.93. The minimum Gasteiger partial charge on any atom is -0.360 e. The van der Waals surface area contributed by atoms with E-state index in [9.17, 15) is 4.79 Å². The van der Waals surface area contributed by atoms with Crippen LogP contribution in [0.15, 0.2) is 22.7 Å². The maximum Gasteiger partial charge on any atom is 0.239 e. The minimum atomic E-state index is 0.0895. The summed E-state index contributed by atoms with van der Waals surface area (Å²) in [6, 6.07) is 6.23. The molecule has 4 nitrogen and oxygen atoms in total. The average molecular weight is 298 g/mol. The van der Waals surface area contributed by atoms with Gasteiger partial charge in [-0.1, -0.05) is 22.0 Å². The molecule has 92 valence electrons. The molecule has 1 amide bonds. The van der Waals surface area contributed by atoms with Gasteiger partial charge in [0.15, 0.2) is 0 Å². The molecular weight excluding hydrogens is 282 g/mol. The fourth-order valence-corrected chi connectivity index (χ4v) is 2.43. The van der Waals surface area contributed by atoms with Crippen molar-refractivity contribution in [2.45, 2.75) is 6.54 Å². The molecule has 0 bridgehead atoms. The Balaban J connectivity index is 2.16. The minimum absolute atomic E-state index is 0.0895. The highest BCUT2D eigenvalue weighted by molar-refractivity contribution is 9.10. The van der Waals surface area contributed by atoms with Crippen LogP contribution in [-0.4, -0.2) is 32.6 Å². The van der Waals surface area contributed by atoms with Gasteiger partial charge in [-0.3, -0.25) is 4.79 Å². The maximum atomic E-state index is 11.3. The van der Waals surface area contributed by atoms with Crippen LogP contribution in [0.5, 0.6) is 0 Å². The van der Waals surface area contributed by atoms with Crippen molar-refractivity contribution in [3.8, 4) is 0 Å². The molecule has 0 aliphatic carbocycles. The third kappa shape index (κ3) is 2.98. The van der Waals surface area contributed by atoms with Crippen molar-refractivity contribution in [2.24, 2.45) is 0 Å². The van der Waals surface area contributed by atoms with Gasteiger partial charge >= 0.3 is 0 Å². The first-order chi connectivity index (χ1) is 8.20. The lowest BCUT2D eigenvalue weighted by molar-refractivity contribution is -0.120. The molecule has 0 atom stereocenters. The van der Waals surface area contributed by atoms with Gasteiger partial charge in [-0.15, -0.1) is 0 Å². The van der Waals surface area contributed by atoms with Crippen molar-refractivity contribution in [3.63, 3.8) is 0 Å². The molecule has 0 unspecified atom stereocenters. The summed E-state index contributed by atoms with van der Waals surface area (Å²) in [6.07, 6.45) is 0. The maximum absolute atomic E-state index is 11.3. The number of piperazine rings is 1. The summed E-state index contributed by atoms with van der Waals surface area (Å²) in [6.45, 7) is 2.86. The number of hydrogen-bond donors (Lipinski definition) is 2. The number of amides is 1. The van der Waals surface area contributed by atoms with E-state index in [1.54, 1.807) is 0 Å². The molecule has 0 saturated carbocycles. The predicted molar refractivity (Wildman–Crippen MR) is 72.1 cm³/mol. The van der Waals surface area contributed by atoms with Gasteiger partial charge in [-0.2, -0.15) is 0 Å². The number of halogens is 1. The van der Waals surface area contributed by atoms with Crippen molar-refractivity contribution < 1.29 is 4.79 Å². The summed E-state index contributed by atoms with van der Waals surface area (Å²) in [5.41, 5.74) is 2.31. The third-order valence-electron chi connectivity index (χ3n) is 2.81. The number of carbonyl (C=O) groups excluding carboxylic acids is 1. The van der Waals surface area contributed by atoms with Crippen molar-refractivity contribution >= 4 is 27.5 Å². The van der Waals surface area contributed by atoms with Crippen LogP contribution in [0.1, 0.15) is 5.56 Å². The molecule has 17 heavy (non-hydrogen) atoms. The number of nitrogens with zero attached hydrogens (tertiary/aromatic N) is 1. The highest BCUT2D eigenvalue weighted by Crippen LogP contribution is 2.24. The zero-order chi connectivity index (χ0) is 12.3. The summed E-state index contributed by atoms with van der Waals surface area (Å²) in [4.78, 5) is 13.4. The average Bonchev–Trinajstić information content (AvgIpc) is 2.32. The van der Waals surface area contributed by atoms with E-state index in [0.29, 0.717) is 13.1 Å². The molecule has 0 spiro atoms. The predicted octanol–water partition coefficient (Wildman–Crippen LogP) is 1.10. The SMILES string of the molecule is CNCc1ccc(N2CCNC(=O)C2)cc1Br. The number of rotatable bonds is 3. The number of carbonyl (C=O) groups is 1. The van der Waals surface area contributed by atoms with Gasteiger partial charge in [0.1, 0.15) is 0 Å². The lowest BCUT2D eigenvalue weighted by Gasteiger charge is -2.29. The van der Waals surface area contributed by atoms with Crippen LogP contribution in [0.2, 0.25) is 0 Å². The Morgan fingerprint density at radius 1 is 1.53 bits per heavy atom. The van der Waals surface area contributed by atoms with Crippen LogP contribution in [0, 0.1) is 0 Å². The van der Waals surface area contributed by atoms with Gasteiger partial charge < -0.3 is 15.5 Å². The van der Waals surface area contributed by atoms with Crippen LogP contribution < -0.4 is 15.5 Å². The summed E-state index contributed by atoms with van der Waals surface area (Å²) < 4.78 is 1.08. The molecule has 2 N–H and O–H groups in total. The number of hydrogen-bond acceptors (Lipinski definition) is 3. The van der Waals surface area contributed by atoms with Crippen LogP contribution in [-0.2, 0) is 11.3 Å². The molecule has 1 fully saturated rings. The van der Waals surface area contributed by atoms with E-state index in [0.717, 1.165) is 23.2 Å². The number of anilines is 1. The van der Waals surface area contributed by atoms with Crippen molar-refractivity contribution in [2.75, 3.05) is 31.6 Å². The lowest BCUT2D eigenvalue weighted by Crippen LogP contribution is -2.47. The Morgan fingerprint density at radius 2 is 2.35 bits per heavy atom. The molecule has 0 aromatic heterocycles. The first-order valence-electron chi connectivity index (χ1n) is 5.65. The molecule has 2 rings (SSSR count). The number of nitrogens with one attached hydrogen (secondary N) is 2. The molecular formula is C12H16BrN3O. The summed E-state index contributed by atoms with van der Waals surface area (Å²) in [5.74, 6) is 0.0895. The molecule has 0 radical (unpaired) electrons. The fraction of sp³-hybridized carbons (Fsp3) is 0.417. The molecule has 1 saturated heterocycles. The van der Waals surface area contributed by atoms with Gasteiger partial charge in [-0.25, -0.2) is 0 Å². The van der Waals surface area contributed by atoms with Gasteiger partial charge in [-0.05, 0) is 24.7 Å². The van der Waals surface area contributed by atoms with E-state index in [1.165, 1.54) is 5.56 Å². The zero-order valence-electron chi connectivity index (χ0n) is 9.79. The van der Waals surface area contributed by atoms with Gasteiger partial charge in [0.05, 0.1) is 6.54 Å². The van der Waals surface area contributed by atoms with Crippen molar-refractivity contribution in [1.82, 2.24) is 10.6 Å². The zero-order valence-corrected chi connectivity index (χ0v) is 11.4. The standard InChI is InChI=1S/C12H16BrN3O/c1-14-7-9-2-3-10(6-11(9)13)16-5-4-15-12(17)8-16/h2-3,6,14H,4-5,7-8H2,1H3,(H,15,17). The van der Waals surface area contributed by atoms with Crippen molar-refractivity contribution in [3.05, 3.63) is 28.2 Å². The van der Waals surface area contributed by atoms with Crippen LogP contribution >= 0.6 is 15.9 Å². The molecule has 1 heterocycles. The van der Waals surface area contributed by atoms with Crippen LogP contribution in [0.3, 0.4) is 0 Å². The van der Waals surface area contributed by atoms with E-state index in [4.69, 9.17) is 0 Å².